The molecular weight excluding hydrogens is 152 g/mol. The van der Waals surface area contributed by atoms with Crippen LogP contribution in [0.2, 0.25) is 0 Å². The Morgan fingerprint density at radius 3 is 1.67 bits per heavy atom. The lowest BCUT2D eigenvalue weighted by Crippen LogP contribution is -1.69. The van der Waals surface area contributed by atoms with Gasteiger partial charge in [-0.05, 0) is 0 Å². The molecule has 0 fully saturated rings. The molecular formula is C3H5F2NO2S. The Labute approximate surface area is 52.4 Å². The number of nitriles is 1. The second-order valence-corrected chi connectivity index (χ2v) is 1.65. The molecule has 0 heterocycles. The number of hydrogen-bond donors (Lipinski definition) is 0. The minimum Gasteiger partial charge on any atom is -0.198 e. The lowest BCUT2D eigenvalue weighted by atomic mass is 10.6. The summed E-state index contributed by atoms with van der Waals surface area (Å²) in [5.41, 5.74) is 0. The highest BCUT2D eigenvalue weighted by atomic mass is 32.3. The van der Waals surface area contributed by atoms with E-state index in [1.54, 1.807) is 0 Å². The number of halogens is 2. The predicted octanol–water partition coefficient (Wildman–Crippen LogP) is 1.09. The van der Waals surface area contributed by atoms with E-state index in [-0.39, 0.29) is 0 Å². The summed E-state index contributed by atoms with van der Waals surface area (Å²) >= 11 is 0. The van der Waals surface area contributed by atoms with Gasteiger partial charge in [-0.2, -0.15) is 13.7 Å². The van der Waals surface area contributed by atoms with Crippen LogP contribution in [0.1, 0.15) is 13.3 Å². The van der Waals surface area contributed by atoms with Crippen molar-refractivity contribution in [1.82, 2.24) is 0 Å². The van der Waals surface area contributed by atoms with E-state index in [9.17, 15) is 7.77 Å². The monoisotopic (exact) mass is 157 g/mol. The first-order valence-corrected chi connectivity index (χ1v) is 3.21. The van der Waals surface area contributed by atoms with Gasteiger partial charge in [-0.1, -0.05) is 14.7 Å². The summed E-state index contributed by atoms with van der Waals surface area (Å²) in [5.74, 6) is 0. The predicted molar refractivity (Wildman–Crippen MR) is 27.0 cm³/mol. The molecule has 3 nitrogen and oxygen atoms in total. The first kappa shape index (κ1) is 11.1. The SMILES string of the molecule is CCC#N.O=S(=O)(F)F. The van der Waals surface area contributed by atoms with Gasteiger partial charge in [-0.15, -0.1) is 0 Å². The van der Waals surface area contributed by atoms with Crippen molar-refractivity contribution in [3.8, 4) is 6.07 Å². The average molecular weight is 157 g/mol. The van der Waals surface area contributed by atoms with E-state index in [1.165, 1.54) is 0 Å². The summed E-state index contributed by atoms with van der Waals surface area (Å²) in [6.45, 7) is 1.82. The molecule has 0 spiro atoms. The Morgan fingerprint density at radius 1 is 1.56 bits per heavy atom. The summed E-state index contributed by atoms with van der Waals surface area (Å²) in [5, 5.41) is 7.62. The highest BCUT2D eigenvalue weighted by Gasteiger charge is 1.94. The van der Waals surface area contributed by atoms with Crippen LogP contribution in [0.4, 0.5) is 7.77 Å². The van der Waals surface area contributed by atoms with Crippen LogP contribution in [0.25, 0.3) is 0 Å². The smallest absolute Gasteiger partial charge is 0.198 e. The van der Waals surface area contributed by atoms with Gasteiger partial charge in [-0.3, -0.25) is 0 Å². The molecule has 0 aliphatic heterocycles. The Morgan fingerprint density at radius 2 is 1.67 bits per heavy atom. The van der Waals surface area contributed by atoms with Gasteiger partial charge in [0.1, 0.15) is 0 Å². The van der Waals surface area contributed by atoms with Gasteiger partial charge >= 0.3 is 10.6 Å². The van der Waals surface area contributed by atoms with Crippen molar-refractivity contribution < 1.29 is 16.2 Å². The molecule has 0 aliphatic rings. The third kappa shape index (κ3) is 2280. The number of rotatable bonds is 0. The normalized spacial score (nSPS) is 8.67. The molecule has 6 heteroatoms. The standard InChI is InChI=1S/C3H5N.F2O2S/c1-2-3-4;1-5(2,3)4/h2H2,1H3;. The van der Waals surface area contributed by atoms with Crippen LogP contribution in [-0.2, 0) is 10.6 Å². The molecule has 0 amide bonds. The topological polar surface area (TPSA) is 57.9 Å². The maximum Gasteiger partial charge on any atom is 0.476 e. The van der Waals surface area contributed by atoms with Crippen molar-refractivity contribution in [3.05, 3.63) is 0 Å². The van der Waals surface area contributed by atoms with Crippen LogP contribution in [0.5, 0.6) is 0 Å². The van der Waals surface area contributed by atoms with Gasteiger partial charge in [0.2, 0.25) is 0 Å². The van der Waals surface area contributed by atoms with Crippen molar-refractivity contribution in [1.29, 1.82) is 5.26 Å². The van der Waals surface area contributed by atoms with E-state index < -0.39 is 10.6 Å². The Kier molecular flexibility index (Phi) is 6.73. The third-order valence-electron chi connectivity index (χ3n) is 0.158. The van der Waals surface area contributed by atoms with Gasteiger partial charge in [-0.25, -0.2) is 0 Å². The molecule has 0 bridgehead atoms. The van der Waals surface area contributed by atoms with Crippen LogP contribution >= 0.6 is 0 Å². The summed E-state index contributed by atoms with van der Waals surface area (Å²) in [4.78, 5) is 0. The van der Waals surface area contributed by atoms with Crippen molar-refractivity contribution in [2.24, 2.45) is 0 Å². The van der Waals surface area contributed by atoms with Gasteiger partial charge in [0.25, 0.3) is 0 Å². The van der Waals surface area contributed by atoms with Crippen LogP contribution < -0.4 is 0 Å². The molecule has 0 atom stereocenters. The van der Waals surface area contributed by atoms with Gasteiger partial charge in [0.15, 0.2) is 0 Å². The molecule has 9 heavy (non-hydrogen) atoms. The van der Waals surface area contributed by atoms with Crippen LogP contribution in [0, 0.1) is 11.3 Å². The molecule has 0 unspecified atom stereocenters. The number of nitrogens with zero attached hydrogens (tertiary/aromatic N) is 1. The van der Waals surface area contributed by atoms with Gasteiger partial charge in [0, 0.05) is 6.42 Å². The van der Waals surface area contributed by atoms with E-state index in [0.717, 1.165) is 0 Å². The van der Waals surface area contributed by atoms with E-state index >= 15 is 0 Å². The molecule has 0 aliphatic carbocycles. The van der Waals surface area contributed by atoms with Crippen molar-refractivity contribution in [2.75, 3.05) is 0 Å². The van der Waals surface area contributed by atoms with E-state index in [2.05, 4.69) is 0 Å². The minimum atomic E-state index is -5.67. The summed E-state index contributed by atoms with van der Waals surface area (Å²) in [6, 6.07) is 1.93. The van der Waals surface area contributed by atoms with Crippen LogP contribution in [-0.4, -0.2) is 8.42 Å². The van der Waals surface area contributed by atoms with Crippen molar-refractivity contribution in [3.63, 3.8) is 0 Å². The molecule has 0 saturated carbocycles. The van der Waals surface area contributed by atoms with E-state index in [1.807, 2.05) is 13.0 Å². The molecule has 0 aromatic heterocycles. The van der Waals surface area contributed by atoms with Crippen molar-refractivity contribution in [2.45, 2.75) is 13.3 Å². The lowest BCUT2D eigenvalue weighted by molar-refractivity contribution is 0.501. The largest absolute Gasteiger partial charge is 0.476 e. The van der Waals surface area contributed by atoms with Gasteiger partial charge in [0.05, 0.1) is 6.07 Å². The quantitative estimate of drug-likeness (QED) is 0.494. The zero-order valence-corrected chi connectivity index (χ0v) is 5.45. The van der Waals surface area contributed by atoms with Crippen molar-refractivity contribution >= 4 is 10.6 Å². The molecule has 0 radical (unpaired) electrons. The fraction of sp³-hybridized carbons (Fsp3) is 0.667. The van der Waals surface area contributed by atoms with Crippen LogP contribution in [0.3, 0.4) is 0 Å². The third-order valence-corrected chi connectivity index (χ3v) is 0.158. The lowest BCUT2D eigenvalue weighted by Gasteiger charge is -1.57. The molecule has 54 valence electrons. The fourth-order valence-corrected chi connectivity index (χ4v) is 0. The first-order chi connectivity index (χ1) is 3.91. The summed E-state index contributed by atoms with van der Waals surface area (Å²) in [6.07, 6.45) is 0.625. The second kappa shape index (κ2) is 5.44. The zero-order chi connectivity index (χ0) is 7.91. The Bertz CT molecular complexity index is 172. The highest BCUT2D eigenvalue weighted by molar-refractivity contribution is 7.81. The zero-order valence-electron chi connectivity index (χ0n) is 4.63. The fourth-order valence-electron chi connectivity index (χ4n) is 0. The summed E-state index contributed by atoms with van der Waals surface area (Å²) < 4.78 is 36.6. The second-order valence-electron chi connectivity index (χ2n) is 0.890. The first-order valence-electron chi connectivity index (χ1n) is 1.93. The molecule has 0 aromatic carbocycles. The maximum atomic E-state index is 9.99. The van der Waals surface area contributed by atoms with E-state index in [4.69, 9.17) is 13.7 Å². The number of hydrogen-bond acceptors (Lipinski definition) is 3. The van der Waals surface area contributed by atoms with Gasteiger partial charge < -0.3 is 0 Å². The molecule has 0 rings (SSSR count). The van der Waals surface area contributed by atoms with Crippen LogP contribution in [0.15, 0.2) is 0 Å². The molecule has 0 N–H and O–H groups in total. The maximum absolute atomic E-state index is 9.99. The van der Waals surface area contributed by atoms with E-state index in [0.29, 0.717) is 6.42 Å². The minimum absolute atomic E-state index is 0.625. The molecule has 0 aromatic rings. The summed E-state index contributed by atoms with van der Waals surface area (Å²) in [7, 11) is -5.67. The highest BCUT2D eigenvalue weighted by Crippen LogP contribution is 1.85. The molecule has 0 saturated heterocycles. The Balaban J connectivity index is 0. The Hall–Kier alpha value is -0.700. The average Bonchev–Trinajstić information content (AvgIpc) is 1.61.